The Hall–Kier alpha value is -3.45. The van der Waals surface area contributed by atoms with Gasteiger partial charge >= 0.3 is 5.97 Å². The highest BCUT2D eigenvalue weighted by molar-refractivity contribution is 5.85. The molecule has 2 saturated heterocycles. The molecule has 2 fully saturated rings. The van der Waals surface area contributed by atoms with Crippen LogP contribution in [-0.4, -0.2) is 90.6 Å². The summed E-state index contributed by atoms with van der Waals surface area (Å²) >= 11 is 0. The molecule has 3 heterocycles. The average Bonchev–Trinajstić information content (AvgIpc) is 3.03. The number of methoxy groups -OCH3 is 1. The zero-order valence-corrected chi connectivity index (χ0v) is 25.5. The van der Waals surface area contributed by atoms with Crippen molar-refractivity contribution in [2.75, 3.05) is 64.9 Å². The Bertz CT molecular complexity index is 1460. The SMILES string of the molecule is COc1ccc2ncc(CN3CCOCC3)c([C@H](O)CCC3(CC(=O)O)CCN(CCNc4cc(F)c(F)c(F)c4)CC3)c2c1. The maximum absolute atomic E-state index is 13.5. The summed E-state index contributed by atoms with van der Waals surface area (Å²) in [5, 5.41) is 25.3. The van der Waals surface area contributed by atoms with Crippen molar-refractivity contribution in [2.24, 2.45) is 5.41 Å². The lowest BCUT2D eigenvalue weighted by Gasteiger charge is -2.42. The van der Waals surface area contributed by atoms with E-state index >= 15 is 0 Å². The Labute approximate surface area is 260 Å². The number of hydrogen-bond acceptors (Lipinski definition) is 8. The molecule has 3 N–H and O–H groups in total. The van der Waals surface area contributed by atoms with Crippen LogP contribution in [0.25, 0.3) is 10.9 Å². The Morgan fingerprint density at radius 3 is 2.47 bits per heavy atom. The van der Waals surface area contributed by atoms with Gasteiger partial charge in [-0.3, -0.25) is 14.7 Å². The summed E-state index contributed by atoms with van der Waals surface area (Å²) in [6.45, 7) is 5.76. The molecule has 3 aromatic rings. The molecule has 12 heteroatoms. The quantitative estimate of drug-likeness (QED) is 0.226. The third kappa shape index (κ3) is 8.23. The number of morpholine rings is 1. The number of fused-ring (bicyclic) bond motifs is 1. The summed E-state index contributed by atoms with van der Waals surface area (Å²) in [6.07, 6.45) is 3.20. The van der Waals surface area contributed by atoms with Gasteiger partial charge in [-0.25, -0.2) is 13.2 Å². The van der Waals surface area contributed by atoms with E-state index in [1.54, 1.807) is 7.11 Å². The number of piperidine rings is 1. The maximum Gasteiger partial charge on any atom is 0.303 e. The van der Waals surface area contributed by atoms with Crippen molar-refractivity contribution >= 4 is 22.6 Å². The lowest BCUT2D eigenvalue weighted by molar-refractivity contribution is -0.141. The Balaban J connectivity index is 1.26. The van der Waals surface area contributed by atoms with E-state index < -0.39 is 34.9 Å². The number of aliphatic hydroxyl groups is 1. The molecule has 1 atom stereocenters. The van der Waals surface area contributed by atoms with Crippen molar-refractivity contribution < 1.29 is 37.7 Å². The second-order valence-electron chi connectivity index (χ2n) is 12.1. The van der Waals surface area contributed by atoms with Crippen LogP contribution >= 0.6 is 0 Å². The molecular formula is C33H41F3N4O5. The van der Waals surface area contributed by atoms with Crippen LogP contribution in [0.4, 0.5) is 18.9 Å². The standard InChI is InChI=1S/C33H41F3N4O5/c1-44-24-2-3-28-25(18-24)31(22(20-38-28)21-40-12-14-45-15-13-40)29(41)4-5-33(19-30(42)43)6-9-39(10-7-33)11-8-37-23-16-26(34)32(36)27(35)17-23/h2-3,16-18,20,29,37,41H,4-15,19,21H2,1H3,(H,42,43)/t29-/m1/s1. The van der Waals surface area contributed by atoms with Crippen molar-refractivity contribution in [3.63, 3.8) is 0 Å². The maximum atomic E-state index is 13.5. The van der Waals surface area contributed by atoms with Gasteiger partial charge in [0.2, 0.25) is 0 Å². The zero-order valence-electron chi connectivity index (χ0n) is 25.5. The van der Waals surface area contributed by atoms with E-state index in [-0.39, 0.29) is 12.1 Å². The van der Waals surface area contributed by atoms with E-state index in [0.29, 0.717) is 77.4 Å². The molecule has 0 unspecified atom stereocenters. The van der Waals surface area contributed by atoms with Crippen LogP contribution in [0.1, 0.15) is 49.3 Å². The minimum absolute atomic E-state index is 0.00545. The fourth-order valence-electron chi connectivity index (χ4n) is 6.57. The first-order valence-corrected chi connectivity index (χ1v) is 15.4. The number of aromatic nitrogens is 1. The summed E-state index contributed by atoms with van der Waals surface area (Å²) in [5.74, 6) is -4.19. The number of carboxylic acid groups (broad SMARTS) is 1. The molecule has 0 radical (unpaired) electrons. The van der Waals surface area contributed by atoms with Crippen LogP contribution in [0, 0.1) is 22.9 Å². The van der Waals surface area contributed by atoms with Crippen LogP contribution in [0.5, 0.6) is 5.75 Å². The highest BCUT2D eigenvalue weighted by Gasteiger charge is 2.37. The van der Waals surface area contributed by atoms with Gasteiger partial charge in [-0.2, -0.15) is 0 Å². The highest BCUT2D eigenvalue weighted by Crippen LogP contribution is 2.42. The number of aliphatic carboxylic acids is 1. The number of carbonyl (C=O) groups is 1. The van der Waals surface area contributed by atoms with Crippen LogP contribution in [-0.2, 0) is 16.1 Å². The topological polar surface area (TPSA) is 107 Å². The number of pyridine rings is 1. The first-order chi connectivity index (χ1) is 21.7. The van der Waals surface area contributed by atoms with Crippen molar-refractivity contribution in [1.82, 2.24) is 14.8 Å². The number of halogens is 3. The van der Waals surface area contributed by atoms with Gasteiger partial charge in [0.05, 0.1) is 38.4 Å². The largest absolute Gasteiger partial charge is 0.497 e. The predicted octanol–water partition coefficient (Wildman–Crippen LogP) is 4.98. The number of nitrogens with zero attached hydrogens (tertiary/aromatic N) is 3. The summed E-state index contributed by atoms with van der Waals surface area (Å²) in [6, 6.07) is 7.47. The second-order valence-corrected chi connectivity index (χ2v) is 12.1. The molecule has 0 bridgehead atoms. The van der Waals surface area contributed by atoms with Gasteiger partial charge in [0.15, 0.2) is 17.5 Å². The Kier molecular flexibility index (Phi) is 10.8. The lowest BCUT2D eigenvalue weighted by atomic mass is 9.71. The van der Waals surface area contributed by atoms with Gasteiger partial charge in [-0.1, -0.05) is 0 Å². The number of benzene rings is 2. The molecule has 9 nitrogen and oxygen atoms in total. The van der Waals surface area contributed by atoms with Crippen molar-refractivity contribution in [3.8, 4) is 5.75 Å². The average molecular weight is 631 g/mol. The molecule has 0 spiro atoms. The van der Waals surface area contributed by atoms with Crippen molar-refractivity contribution in [3.05, 3.63) is 65.1 Å². The third-order valence-corrected chi connectivity index (χ3v) is 9.16. The number of aliphatic hydroxyl groups excluding tert-OH is 1. The summed E-state index contributed by atoms with van der Waals surface area (Å²) in [4.78, 5) is 21.1. The number of ether oxygens (including phenoxy) is 2. The van der Waals surface area contributed by atoms with E-state index in [4.69, 9.17) is 9.47 Å². The molecule has 2 aliphatic rings. The van der Waals surface area contributed by atoms with Gasteiger partial charge in [0.1, 0.15) is 5.75 Å². The monoisotopic (exact) mass is 630 g/mol. The second kappa shape index (κ2) is 14.8. The van der Waals surface area contributed by atoms with Gasteiger partial charge < -0.3 is 29.9 Å². The van der Waals surface area contributed by atoms with Gasteiger partial charge in [-0.05, 0) is 73.5 Å². The van der Waals surface area contributed by atoms with Crippen LogP contribution in [0.3, 0.4) is 0 Å². The molecule has 2 aliphatic heterocycles. The van der Waals surface area contributed by atoms with E-state index in [1.165, 1.54) is 0 Å². The molecule has 2 aromatic carbocycles. The number of carboxylic acids is 1. The third-order valence-electron chi connectivity index (χ3n) is 9.16. The molecule has 244 valence electrons. The predicted molar refractivity (Wildman–Crippen MR) is 164 cm³/mol. The highest BCUT2D eigenvalue weighted by atomic mass is 19.2. The van der Waals surface area contributed by atoms with E-state index in [9.17, 15) is 28.2 Å². The summed E-state index contributed by atoms with van der Waals surface area (Å²) in [7, 11) is 1.60. The molecule has 45 heavy (non-hydrogen) atoms. The lowest BCUT2D eigenvalue weighted by Crippen LogP contribution is -2.43. The van der Waals surface area contributed by atoms with Crippen molar-refractivity contribution in [2.45, 2.75) is 44.8 Å². The van der Waals surface area contributed by atoms with E-state index in [0.717, 1.165) is 47.3 Å². The summed E-state index contributed by atoms with van der Waals surface area (Å²) < 4.78 is 51.3. The number of anilines is 1. The first kappa shape index (κ1) is 32.9. The number of hydrogen-bond donors (Lipinski definition) is 3. The molecule has 5 rings (SSSR count). The van der Waals surface area contributed by atoms with Crippen LogP contribution in [0.15, 0.2) is 36.5 Å². The minimum Gasteiger partial charge on any atom is -0.497 e. The zero-order chi connectivity index (χ0) is 32.0. The van der Waals surface area contributed by atoms with E-state index in [1.807, 2.05) is 24.4 Å². The number of rotatable bonds is 13. The normalized spacial score (nSPS) is 18.2. The summed E-state index contributed by atoms with van der Waals surface area (Å²) in [5.41, 5.74) is 2.16. The smallest absolute Gasteiger partial charge is 0.303 e. The number of likely N-dealkylation sites (tertiary alicyclic amines) is 1. The van der Waals surface area contributed by atoms with Crippen molar-refractivity contribution in [1.29, 1.82) is 0 Å². The fraction of sp³-hybridized carbons (Fsp3) is 0.515. The molecular weight excluding hydrogens is 589 g/mol. The van der Waals surface area contributed by atoms with Gasteiger partial charge in [0, 0.05) is 62.1 Å². The van der Waals surface area contributed by atoms with Crippen LogP contribution in [0.2, 0.25) is 0 Å². The Morgan fingerprint density at radius 2 is 1.80 bits per heavy atom. The minimum atomic E-state index is -1.50. The van der Waals surface area contributed by atoms with E-state index in [2.05, 4.69) is 20.1 Å². The van der Waals surface area contributed by atoms with Gasteiger partial charge in [-0.15, -0.1) is 0 Å². The number of nitrogens with one attached hydrogen (secondary N) is 1. The molecule has 0 aliphatic carbocycles. The fourth-order valence-corrected chi connectivity index (χ4v) is 6.57. The van der Waals surface area contributed by atoms with Crippen LogP contribution < -0.4 is 10.1 Å². The van der Waals surface area contributed by atoms with Gasteiger partial charge in [0.25, 0.3) is 0 Å². The molecule has 1 aromatic heterocycles. The molecule has 0 saturated carbocycles. The first-order valence-electron chi connectivity index (χ1n) is 15.4. The Morgan fingerprint density at radius 1 is 1.09 bits per heavy atom. The molecule has 0 amide bonds.